The molecule has 0 saturated heterocycles. The molecule has 2 aromatic rings. The molecule has 8 heteroatoms. The first-order valence-corrected chi connectivity index (χ1v) is 6.40. The third-order valence-corrected chi connectivity index (χ3v) is 2.79. The predicted molar refractivity (Wildman–Crippen MR) is 77.5 cm³/mol. The molecule has 0 bridgehead atoms. The van der Waals surface area contributed by atoms with Crippen LogP contribution in [0, 0.1) is 0 Å². The Labute approximate surface area is 126 Å². The fourth-order valence-corrected chi connectivity index (χ4v) is 1.56. The smallest absolute Gasteiger partial charge is 0.270 e. The van der Waals surface area contributed by atoms with E-state index in [1.165, 1.54) is 11.1 Å². The van der Waals surface area contributed by atoms with Crippen molar-refractivity contribution in [2.24, 2.45) is 0 Å². The summed E-state index contributed by atoms with van der Waals surface area (Å²) in [5, 5.41) is 20.5. The van der Waals surface area contributed by atoms with Gasteiger partial charge in [0.15, 0.2) is 5.76 Å². The summed E-state index contributed by atoms with van der Waals surface area (Å²) in [5.74, 6) is 0.351. The monoisotopic (exact) mass is 301 g/mol. The minimum absolute atomic E-state index is 0.335. The largest absolute Gasteiger partial charge is 0.461 e. The lowest BCUT2D eigenvalue weighted by Crippen LogP contribution is -2.19. The first-order chi connectivity index (χ1) is 10.6. The molecule has 0 aromatic carbocycles. The molecule has 0 fully saturated rings. The number of tetrazole rings is 1. The number of nitrogens with zero attached hydrogens (tertiary/aromatic N) is 4. The van der Waals surface area contributed by atoms with E-state index in [9.17, 15) is 4.79 Å². The molecule has 0 spiro atoms. The van der Waals surface area contributed by atoms with Gasteiger partial charge in [0, 0.05) is 5.57 Å². The molecule has 0 atom stereocenters. The van der Waals surface area contributed by atoms with Crippen molar-refractivity contribution < 1.29 is 14.4 Å². The van der Waals surface area contributed by atoms with Crippen molar-refractivity contribution >= 4 is 5.91 Å². The van der Waals surface area contributed by atoms with Crippen molar-refractivity contribution in [3.63, 3.8) is 0 Å². The van der Waals surface area contributed by atoms with E-state index >= 15 is 0 Å². The predicted octanol–water partition coefficient (Wildman–Crippen LogP) is 1.50. The van der Waals surface area contributed by atoms with Crippen LogP contribution in [0.15, 0.2) is 58.8 Å². The SMILES string of the molecule is C=C/C(=C\C=C(/C)C(=O)NO)Cn1nnc(-c2ccco2)n1. The molecule has 2 aromatic heterocycles. The van der Waals surface area contributed by atoms with E-state index < -0.39 is 5.91 Å². The highest BCUT2D eigenvalue weighted by Gasteiger charge is 2.08. The average Bonchev–Trinajstić information content (AvgIpc) is 3.20. The summed E-state index contributed by atoms with van der Waals surface area (Å²) >= 11 is 0. The number of rotatable bonds is 6. The summed E-state index contributed by atoms with van der Waals surface area (Å²) in [5.41, 5.74) is 2.69. The number of hydrogen-bond acceptors (Lipinski definition) is 6. The highest BCUT2D eigenvalue weighted by molar-refractivity contribution is 5.92. The van der Waals surface area contributed by atoms with Crippen molar-refractivity contribution in [2.45, 2.75) is 13.5 Å². The maximum Gasteiger partial charge on any atom is 0.270 e. The highest BCUT2D eigenvalue weighted by Crippen LogP contribution is 2.13. The van der Waals surface area contributed by atoms with Crippen LogP contribution in [0.25, 0.3) is 11.6 Å². The van der Waals surface area contributed by atoms with E-state index in [-0.39, 0.29) is 0 Å². The number of furan rings is 1. The molecule has 2 N–H and O–H groups in total. The second-order valence-corrected chi connectivity index (χ2v) is 4.36. The summed E-state index contributed by atoms with van der Waals surface area (Å²) < 4.78 is 5.19. The molecule has 2 rings (SSSR count). The Bertz CT molecular complexity index is 713. The molecule has 2 heterocycles. The lowest BCUT2D eigenvalue weighted by molar-refractivity contribution is -0.125. The molecule has 1 amide bonds. The summed E-state index contributed by atoms with van der Waals surface area (Å²) in [6, 6.07) is 3.48. The summed E-state index contributed by atoms with van der Waals surface area (Å²) in [6.07, 6.45) is 6.40. The lowest BCUT2D eigenvalue weighted by atomic mass is 10.2. The zero-order valence-corrected chi connectivity index (χ0v) is 11.9. The second kappa shape index (κ2) is 7.14. The first kappa shape index (κ1) is 15.4. The van der Waals surface area contributed by atoms with Gasteiger partial charge in [-0.1, -0.05) is 24.8 Å². The van der Waals surface area contributed by atoms with Gasteiger partial charge >= 0.3 is 0 Å². The topological polar surface area (TPSA) is 106 Å². The van der Waals surface area contributed by atoms with Gasteiger partial charge in [-0.25, -0.2) is 5.48 Å². The van der Waals surface area contributed by atoms with Gasteiger partial charge < -0.3 is 4.42 Å². The Kier molecular flexibility index (Phi) is 4.99. The zero-order valence-electron chi connectivity index (χ0n) is 11.9. The molecule has 0 radical (unpaired) electrons. The number of aromatic nitrogens is 4. The summed E-state index contributed by atoms with van der Waals surface area (Å²) in [4.78, 5) is 12.6. The van der Waals surface area contributed by atoms with Crippen LogP contribution in [-0.2, 0) is 11.3 Å². The molecule has 0 aliphatic rings. The Morgan fingerprint density at radius 2 is 2.36 bits per heavy atom. The third-order valence-electron chi connectivity index (χ3n) is 2.79. The molecule has 22 heavy (non-hydrogen) atoms. The van der Waals surface area contributed by atoms with Crippen LogP contribution in [0.3, 0.4) is 0 Å². The molecular formula is C14H15N5O3. The van der Waals surface area contributed by atoms with Gasteiger partial charge in [-0.05, 0) is 29.8 Å². The van der Waals surface area contributed by atoms with Gasteiger partial charge in [0.05, 0.1) is 12.8 Å². The highest BCUT2D eigenvalue weighted by atomic mass is 16.5. The number of allylic oxidation sites excluding steroid dienone is 4. The van der Waals surface area contributed by atoms with Crippen molar-refractivity contribution in [2.75, 3.05) is 0 Å². The fraction of sp³-hybridized carbons (Fsp3) is 0.143. The van der Waals surface area contributed by atoms with Crippen molar-refractivity contribution in [3.05, 3.63) is 54.3 Å². The van der Waals surface area contributed by atoms with E-state index in [0.717, 1.165) is 5.57 Å². The van der Waals surface area contributed by atoms with Gasteiger partial charge in [0.25, 0.3) is 5.91 Å². The molecule has 0 saturated carbocycles. The molecule has 0 unspecified atom stereocenters. The van der Waals surface area contributed by atoms with Crippen LogP contribution in [-0.4, -0.2) is 31.3 Å². The average molecular weight is 301 g/mol. The second-order valence-electron chi connectivity index (χ2n) is 4.36. The standard InChI is InChI=1S/C14H15N5O3/c1-3-11(7-6-10(2)14(20)17-21)9-19-16-13(15-18-19)12-5-4-8-22-12/h3-8,21H,1,9H2,2H3,(H,17,20)/b10-6+,11-7+. The van der Waals surface area contributed by atoms with Crippen molar-refractivity contribution in [3.8, 4) is 11.6 Å². The molecule has 0 aliphatic carbocycles. The van der Waals surface area contributed by atoms with E-state index in [1.54, 1.807) is 42.8 Å². The Morgan fingerprint density at radius 3 is 3.00 bits per heavy atom. The first-order valence-electron chi connectivity index (χ1n) is 6.40. The quantitative estimate of drug-likeness (QED) is 0.362. The summed E-state index contributed by atoms with van der Waals surface area (Å²) in [7, 11) is 0. The van der Waals surface area contributed by atoms with Crippen LogP contribution in [0.2, 0.25) is 0 Å². The van der Waals surface area contributed by atoms with Crippen LogP contribution in [0.1, 0.15) is 6.92 Å². The number of carbonyl (C=O) groups is 1. The number of nitrogens with one attached hydrogen (secondary N) is 1. The minimum atomic E-state index is -0.571. The maximum atomic E-state index is 11.2. The van der Waals surface area contributed by atoms with Crippen LogP contribution >= 0.6 is 0 Å². The number of hydrogen-bond donors (Lipinski definition) is 2. The lowest BCUT2D eigenvalue weighted by Gasteiger charge is -2.00. The van der Waals surface area contributed by atoms with Gasteiger partial charge in [0.2, 0.25) is 5.82 Å². The Hall–Kier alpha value is -3.00. The van der Waals surface area contributed by atoms with E-state index in [1.807, 2.05) is 0 Å². The van der Waals surface area contributed by atoms with Gasteiger partial charge in [-0.3, -0.25) is 10.0 Å². The Balaban J connectivity index is 2.11. The normalized spacial score (nSPS) is 12.3. The van der Waals surface area contributed by atoms with Gasteiger partial charge in [-0.2, -0.15) is 4.80 Å². The Morgan fingerprint density at radius 1 is 1.55 bits per heavy atom. The maximum absolute atomic E-state index is 11.2. The number of hydroxylamine groups is 1. The van der Waals surface area contributed by atoms with E-state index in [2.05, 4.69) is 22.0 Å². The number of carbonyl (C=O) groups excluding carboxylic acids is 1. The summed E-state index contributed by atoms with van der Waals surface area (Å²) in [6.45, 7) is 5.61. The van der Waals surface area contributed by atoms with Crippen LogP contribution < -0.4 is 5.48 Å². The van der Waals surface area contributed by atoms with E-state index in [4.69, 9.17) is 9.62 Å². The van der Waals surface area contributed by atoms with E-state index in [0.29, 0.717) is 23.7 Å². The molecule has 0 aliphatic heterocycles. The molecule has 8 nitrogen and oxygen atoms in total. The van der Waals surface area contributed by atoms with Crippen LogP contribution in [0.4, 0.5) is 0 Å². The fourth-order valence-electron chi connectivity index (χ4n) is 1.56. The van der Waals surface area contributed by atoms with Crippen molar-refractivity contribution in [1.29, 1.82) is 0 Å². The van der Waals surface area contributed by atoms with Gasteiger partial charge in [-0.15, -0.1) is 10.2 Å². The zero-order chi connectivity index (χ0) is 15.9. The third kappa shape index (κ3) is 3.76. The van der Waals surface area contributed by atoms with Crippen molar-refractivity contribution in [1.82, 2.24) is 25.7 Å². The number of amides is 1. The minimum Gasteiger partial charge on any atom is -0.461 e. The molecular weight excluding hydrogens is 286 g/mol. The van der Waals surface area contributed by atoms with Gasteiger partial charge in [0.1, 0.15) is 0 Å². The van der Waals surface area contributed by atoms with Crippen LogP contribution in [0.5, 0.6) is 0 Å². The molecule has 114 valence electrons.